The number of piperidine rings is 1. The van der Waals surface area contributed by atoms with E-state index in [4.69, 9.17) is 9.72 Å². The monoisotopic (exact) mass is 663 g/mol. The van der Waals surface area contributed by atoms with E-state index in [0.29, 0.717) is 23.7 Å². The Balaban J connectivity index is 1.17. The van der Waals surface area contributed by atoms with Gasteiger partial charge >= 0.3 is 0 Å². The highest BCUT2D eigenvalue weighted by molar-refractivity contribution is 9.10. The van der Waals surface area contributed by atoms with Crippen molar-refractivity contribution in [1.82, 2.24) is 19.8 Å². The van der Waals surface area contributed by atoms with E-state index in [0.717, 1.165) is 64.6 Å². The molecule has 3 fully saturated rings. The van der Waals surface area contributed by atoms with Gasteiger partial charge in [0.2, 0.25) is 5.95 Å². The zero-order chi connectivity index (χ0) is 31.0. The molecule has 0 amide bonds. The van der Waals surface area contributed by atoms with Crippen molar-refractivity contribution >= 4 is 44.8 Å². The SMILES string of the molecule is COc1cc(Nc2ncc(Br)c(Nc3ccc(C4CC4)cc3C(C)(C)O)n2)c(C)cc1N1CCC(N2CCN(C)CC2)CC1. The maximum atomic E-state index is 11.0. The summed E-state index contributed by atoms with van der Waals surface area (Å²) in [7, 11) is 3.95. The Hall–Kier alpha value is -2.92. The lowest BCUT2D eigenvalue weighted by Gasteiger charge is -2.42. The highest BCUT2D eigenvalue weighted by Crippen LogP contribution is 2.43. The van der Waals surface area contributed by atoms with Gasteiger partial charge in [-0.1, -0.05) is 12.1 Å². The van der Waals surface area contributed by atoms with E-state index < -0.39 is 5.60 Å². The number of aryl methyl sites for hydroxylation is 1. The molecular formula is C34H46BrN7O2. The van der Waals surface area contributed by atoms with Gasteiger partial charge in [-0.2, -0.15) is 4.98 Å². The second kappa shape index (κ2) is 12.8. The number of nitrogens with zero attached hydrogens (tertiary/aromatic N) is 5. The molecule has 9 nitrogen and oxygen atoms in total. The van der Waals surface area contributed by atoms with Crippen LogP contribution in [0, 0.1) is 6.92 Å². The Morgan fingerprint density at radius 1 is 0.955 bits per heavy atom. The van der Waals surface area contributed by atoms with Crippen molar-refractivity contribution < 1.29 is 9.84 Å². The fourth-order valence-electron chi connectivity index (χ4n) is 6.49. The molecular weight excluding hydrogens is 618 g/mol. The smallest absolute Gasteiger partial charge is 0.229 e. The molecule has 6 rings (SSSR count). The topological polar surface area (TPSA) is 89.0 Å². The largest absolute Gasteiger partial charge is 0.495 e. The van der Waals surface area contributed by atoms with Crippen LogP contribution >= 0.6 is 15.9 Å². The summed E-state index contributed by atoms with van der Waals surface area (Å²) >= 11 is 3.61. The van der Waals surface area contributed by atoms with Crippen molar-refractivity contribution in [3.63, 3.8) is 0 Å². The van der Waals surface area contributed by atoms with Crippen molar-refractivity contribution in [1.29, 1.82) is 0 Å². The van der Waals surface area contributed by atoms with Crippen LogP contribution < -0.4 is 20.3 Å². The van der Waals surface area contributed by atoms with Crippen LogP contribution in [-0.4, -0.2) is 84.3 Å². The number of nitrogens with one attached hydrogen (secondary N) is 2. The van der Waals surface area contributed by atoms with Crippen LogP contribution in [0.25, 0.3) is 0 Å². The molecule has 3 aliphatic rings. The summed E-state index contributed by atoms with van der Waals surface area (Å²) in [4.78, 5) is 16.9. The average Bonchev–Trinajstić information content (AvgIpc) is 3.86. The Bertz CT molecular complexity index is 1470. The van der Waals surface area contributed by atoms with E-state index in [1.165, 1.54) is 44.3 Å². The number of likely N-dealkylation sites (N-methyl/N-ethyl adjacent to an activating group) is 1. The Morgan fingerprint density at radius 3 is 2.34 bits per heavy atom. The number of ether oxygens (including phenoxy) is 1. The normalized spacial score (nSPS) is 18.8. The molecule has 2 saturated heterocycles. The molecule has 0 radical (unpaired) electrons. The van der Waals surface area contributed by atoms with Gasteiger partial charge in [0.15, 0.2) is 0 Å². The highest BCUT2D eigenvalue weighted by atomic mass is 79.9. The van der Waals surface area contributed by atoms with E-state index in [9.17, 15) is 5.11 Å². The molecule has 3 aromatic rings. The van der Waals surface area contributed by atoms with E-state index in [2.05, 4.69) is 84.5 Å². The predicted octanol–water partition coefficient (Wildman–Crippen LogP) is 6.36. The summed E-state index contributed by atoms with van der Waals surface area (Å²) in [6.45, 7) is 12.5. The van der Waals surface area contributed by atoms with Crippen molar-refractivity contribution in [2.24, 2.45) is 0 Å². The summed E-state index contributed by atoms with van der Waals surface area (Å²) in [6, 6.07) is 11.3. The number of methoxy groups -OCH3 is 1. The second-order valence-corrected chi connectivity index (χ2v) is 14.0. The fraction of sp³-hybridized carbons (Fsp3) is 0.529. The van der Waals surface area contributed by atoms with Crippen molar-refractivity contribution in [2.45, 2.75) is 64.0 Å². The number of benzene rings is 2. The second-order valence-electron chi connectivity index (χ2n) is 13.2. The minimum atomic E-state index is -0.997. The summed E-state index contributed by atoms with van der Waals surface area (Å²) in [6.07, 6.45) is 6.52. The summed E-state index contributed by atoms with van der Waals surface area (Å²) in [5, 5.41) is 17.8. The number of rotatable bonds is 9. The molecule has 2 aliphatic heterocycles. The van der Waals surface area contributed by atoms with Crippen molar-refractivity contribution in [3.05, 3.63) is 57.7 Å². The van der Waals surface area contributed by atoms with Crippen LogP contribution in [0.5, 0.6) is 5.75 Å². The first-order valence-corrected chi connectivity index (χ1v) is 16.7. The van der Waals surface area contributed by atoms with Crippen LogP contribution in [0.1, 0.15) is 62.1 Å². The number of hydrogen-bond acceptors (Lipinski definition) is 9. The number of aromatic nitrogens is 2. The molecule has 0 spiro atoms. The molecule has 1 saturated carbocycles. The lowest BCUT2D eigenvalue weighted by molar-refractivity contribution is 0.0793. The van der Waals surface area contributed by atoms with E-state index in [1.807, 2.05) is 19.9 Å². The Kier molecular flexibility index (Phi) is 9.06. The van der Waals surface area contributed by atoms with Crippen molar-refractivity contribution in [2.75, 3.05) is 69.0 Å². The molecule has 3 heterocycles. The van der Waals surface area contributed by atoms with Gasteiger partial charge in [-0.3, -0.25) is 4.90 Å². The molecule has 1 aromatic heterocycles. The molecule has 2 aromatic carbocycles. The van der Waals surface area contributed by atoms with Gasteiger partial charge in [0, 0.05) is 74.5 Å². The quantitative estimate of drug-likeness (QED) is 0.242. The predicted molar refractivity (Wildman–Crippen MR) is 182 cm³/mol. The minimum Gasteiger partial charge on any atom is -0.495 e. The van der Waals surface area contributed by atoms with Gasteiger partial charge in [-0.15, -0.1) is 0 Å². The third kappa shape index (κ3) is 6.98. The van der Waals surface area contributed by atoms with Gasteiger partial charge in [0.25, 0.3) is 0 Å². The third-order valence-corrected chi connectivity index (χ3v) is 9.96. The van der Waals surface area contributed by atoms with Gasteiger partial charge in [0.1, 0.15) is 11.6 Å². The Morgan fingerprint density at radius 2 is 1.68 bits per heavy atom. The first-order chi connectivity index (χ1) is 21.1. The molecule has 0 atom stereocenters. The summed E-state index contributed by atoms with van der Waals surface area (Å²) < 4.78 is 6.64. The van der Waals surface area contributed by atoms with E-state index in [-0.39, 0.29) is 0 Å². The van der Waals surface area contributed by atoms with Crippen molar-refractivity contribution in [3.8, 4) is 5.75 Å². The molecule has 236 valence electrons. The van der Waals surface area contributed by atoms with E-state index >= 15 is 0 Å². The molecule has 0 unspecified atom stereocenters. The van der Waals surface area contributed by atoms with Gasteiger partial charge in [-0.25, -0.2) is 4.98 Å². The molecule has 0 bridgehead atoms. The number of aliphatic hydroxyl groups is 1. The summed E-state index contributed by atoms with van der Waals surface area (Å²) in [5.74, 6) is 2.54. The van der Waals surface area contributed by atoms with Gasteiger partial charge < -0.3 is 30.3 Å². The molecule has 10 heteroatoms. The van der Waals surface area contributed by atoms with Crippen LogP contribution in [0.2, 0.25) is 0 Å². The zero-order valence-electron chi connectivity index (χ0n) is 26.7. The maximum Gasteiger partial charge on any atom is 0.229 e. The lowest BCUT2D eigenvalue weighted by Crippen LogP contribution is -2.52. The highest BCUT2D eigenvalue weighted by Gasteiger charge is 2.29. The fourth-order valence-corrected chi connectivity index (χ4v) is 6.78. The van der Waals surface area contributed by atoms with Crippen LogP contribution in [0.15, 0.2) is 41.0 Å². The van der Waals surface area contributed by atoms with Gasteiger partial charge in [0.05, 0.1) is 22.9 Å². The van der Waals surface area contributed by atoms with E-state index in [1.54, 1.807) is 13.3 Å². The van der Waals surface area contributed by atoms with Crippen LogP contribution in [0.4, 0.5) is 28.8 Å². The maximum absolute atomic E-state index is 11.0. The number of anilines is 5. The standard InChI is InChI=1S/C34H46BrN7O2/c1-22-18-30(42-12-10-25(11-13-42)41-16-14-40(4)15-17-41)31(44-5)20-29(22)38-33-36-21-27(35)32(39-33)37-28-9-8-24(23-6-7-23)19-26(28)34(2,3)43/h8-9,18-21,23,25,43H,6-7,10-17H2,1-5H3,(H2,36,37,38,39). The van der Waals surface area contributed by atoms with Crippen LogP contribution in [-0.2, 0) is 5.60 Å². The minimum absolute atomic E-state index is 0.473. The lowest BCUT2D eigenvalue weighted by atomic mass is 9.93. The Labute approximate surface area is 270 Å². The summed E-state index contributed by atoms with van der Waals surface area (Å²) in [5.41, 5.74) is 5.10. The van der Waals surface area contributed by atoms with Gasteiger partial charge in [-0.05, 0) is 98.6 Å². The third-order valence-electron chi connectivity index (χ3n) is 9.38. The van der Waals surface area contributed by atoms with Crippen LogP contribution in [0.3, 0.4) is 0 Å². The number of piperazine rings is 1. The number of halogens is 1. The molecule has 44 heavy (non-hydrogen) atoms. The zero-order valence-corrected chi connectivity index (χ0v) is 28.2. The first kappa shape index (κ1) is 31.1. The average molecular weight is 665 g/mol. The number of hydrogen-bond donors (Lipinski definition) is 3. The molecule has 1 aliphatic carbocycles. The molecule has 3 N–H and O–H groups in total. The first-order valence-electron chi connectivity index (χ1n) is 15.9.